The molecule has 0 aliphatic heterocycles. The van der Waals surface area contributed by atoms with Gasteiger partial charge < -0.3 is 5.32 Å². The Morgan fingerprint density at radius 2 is 1.37 bits per heavy atom. The highest BCUT2D eigenvalue weighted by atomic mass is 35.5. The first kappa shape index (κ1) is 17.6. The monoisotopic (exact) mass is 373 g/mol. The highest BCUT2D eigenvalue weighted by molar-refractivity contribution is 6.20. The number of nitrogens with one attached hydrogen (secondary N) is 1. The van der Waals surface area contributed by atoms with Crippen LogP contribution in [0.15, 0.2) is 84.9 Å². The summed E-state index contributed by atoms with van der Waals surface area (Å²) in [6, 6.07) is 28.1. The van der Waals surface area contributed by atoms with Crippen molar-refractivity contribution in [1.29, 1.82) is 0 Å². The van der Waals surface area contributed by atoms with Crippen molar-refractivity contribution in [3.05, 3.63) is 96.1 Å². The molecule has 0 fully saturated rings. The van der Waals surface area contributed by atoms with Crippen LogP contribution in [0.3, 0.4) is 0 Å². The maximum absolute atomic E-state index is 13.3. The van der Waals surface area contributed by atoms with Crippen molar-refractivity contribution in [2.75, 3.05) is 5.88 Å². The summed E-state index contributed by atoms with van der Waals surface area (Å²) < 4.78 is 0. The number of benzene rings is 4. The zero-order chi connectivity index (χ0) is 18.6. The number of carbonyl (C=O) groups is 1. The summed E-state index contributed by atoms with van der Waals surface area (Å²) in [5, 5.41) is 7.19. The Morgan fingerprint density at radius 1 is 0.815 bits per heavy atom. The summed E-state index contributed by atoms with van der Waals surface area (Å²) in [5.41, 5.74) is 1.87. The fourth-order valence-corrected chi connectivity index (χ4v) is 3.74. The second-order valence-electron chi connectivity index (χ2n) is 6.71. The number of halogens is 1. The van der Waals surface area contributed by atoms with Crippen LogP contribution in [-0.4, -0.2) is 17.8 Å². The molecule has 4 aromatic carbocycles. The zero-order valence-electron chi connectivity index (χ0n) is 14.9. The summed E-state index contributed by atoms with van der Waals surface area (Å²) in [6.45, 7) is 0. The average Bonchev–Trinajstić information content (AvgIpc) is 2.72. The molecule has 4 rings (SSSR count). The maximum atomic E-state index is 13.3. The maximum Gasteiger partial charge on any atom is 0.252 e. The Bertz CT molecular complexity index is 1040. The fraction of sp³-hybridized carbons (Fsp3) is 0.125. The highest BCUT2D eigenvalue weighted by Gasteiger charge is 2.18. The van der Waals surface area contributed by atoms with Crippen LogP contribution in [0, 0.1) is 0 Å². The van der Waals surface area contributed by atoms with E-state index < -0.39 is 0 Å². The molecule has 1 N–H and O–H groups in total. The van der Waals surface area contributed by atoms with Crippen molar-refractivity contribution < 1.29 is 4.79 Å². The first-order valence-electron chi connectivity index (χ1n) is 9.07. The predicted octanol–water partition coefficient (Wildman–Crippen LogP) is 5.57. The van der Waals surface area contributed by atoms with E-state index in [9.17, 15) is 4.79 Å². The predicted molar refractivity (Wildman–Crippen MR) is 114 cm³/mol. The van der Waals surface area contributed by atoms with E-state index in [1.807, 2.05) is 66.7 Å². The average molecular weight is 374 g/mol. The molecule has 0 heterocycles. The molecule has 1 atom stereocenters. The molecule has 4 aromatic rings. The van der Waals surface area contributed by atoms with Gasteiger partial charge in [0.25, 0.3) is 5.91 Å². The van der Waals surface area contributed by atoms with Gasteiger partial charge in [-0.15, -0.1) is 11.6 Å². The molecule has 0 unspecified atom stereocenters. The van der Waals surface area contributed by atoms with E-state index in [0.29, 0.717) is 17.9 Å². The fourth-order valence-electron chi connectivity index (χ4n) is 3.56. The van der Waals surface area contributed by atoms with E-state index in [-0.39, 0.29) is 11.9 Å². The van der Waals surface area contributed by atoms with Crippen LogP contribution in [0.5, 0.6) is 0 Å². The lowest BCUT2D eigenvalue weighted by Crippen LogP contribution is -2.38. The number of fused-ring (bicyclic) bond motifs is 2. The van der Waals surface area contributed by atoms with Crippen molar-refractivity contribution in [1.82, 2.24) is 5.32 Å². The van der Waals surface area contributed by atoms with Crippen molar-refractivity contribution in [3.63, 3.8) is 0 Å². The van der Waals surface area contributed by atoms with Gasteiger partial charge in [-0.05, 0) is 39.6 Å². The normalized spacial score (nSPS) is 12.2. The lowest BCUT2D eigenvalue weighted by atomic mass is 9.96. The van der Waals surface area contributed by atoms with Gasteiger partial charge in [-0.1, -0.05) is 78.9 Å². The molecule has 0 aliphatic carbocycles. The molecule has 134 valence electrons. The van der Waals surface area contributed by atoms with Crippen LogP contribution < -0.4 is 5.32 Å². The van der Waals surface area contributed by atoms with Gasteiger partial charge in [-0.25, -0.2) is 0 Å². The number of hydrogen-bond acceptors (Lipinski definition) is 1. The van der Waals surface area contributed by atoms with Crippen molar-refractivity contribution in [2.24, 2.45) is 0 Å². The molecular formula is C24H20ClNO. The lowest BCUT2D eigenvalue weighted by Gasteiger charge is -2.18. The van der Waals surface area contributed by atoms with Gasteiger partial charge in [-0.2, -0.15) is 0 Å². The Morgan fingerprint density at radius 3 is 1.96 bits per heavy atom. The van der Waals surface area contributed by atoms with Crippen molar-refractivity contribution >= 4 is 39.1 Å². The molecule has 27 heavy (non-hydrogen) atoms. The third-order valence-electron chi connectivity index (χ3n) is 4.84. The number of carbonyl (C=O) groups excluding carboxylic acids is 1. The Labute approximate surface area is 163 Å². The molecule has 3 heteroatoms. The number of alkyl halides is 1. The third kappa shape index (κ3) is 3.67. The number of amides is 1. The van der Waals surface area contributed by atoms with Gasteiger partial charge in [0.2, 0.25) is 0 Å². The summed E-state index contributed by atoms with van der Waals surface area (Å²) in [4.78, 5) is 13.3. The van der Waals surface area contributed by atoms with Crippen LogP contribution in [0.25, 0.3) is 21.5 Å². The molecule has 0 saturated carbocycles. The molecule has 0 bridgehead atoms. The Balaban J connectivity index is 1.72. The lowest BCUT2D eigenvalue weighted by molar-refractivity contribution is 0.0944. The Hall–Kier alpha value is -2.84. The van der Waals surface area contributed by atoms with Crippen LogP contribution in [0.1, 0.15) is 15.9 Å². The Kier molecular flexibility index (Phi) is 5.08. The molecule has 0 aromatic heterocycles. The SMILES string of the molecule is O=C(N[C@H](CCl)Cc1ccccc1)c1c2ccccc2cc2ccccc12. The molecule has 2 nitrogen and oxygen atoms in total. The van der Waals surface area contributed by atoms with Crippen molar-refractivity contribution in [3.8, 4) is 0 Å². The largest absolute Gasteiger partial charge is 0.348 e. The first-order chi connectivity index (χ1) is 13.3. The topological polar surface area (TPSA) is 29.1 Å². The minimum atomic E-state index is -0.126. The standard InChI is InChI=1S/C24H20ClNO/c25-16-20(14-17-8-2-1-3-9-17)26-24(27)23-21-12-6-4-10-18(21)15-19-11-5-7-13-22(19)23/h1-13,15,20H,14,16H2,(H,26,27)/t20-/m0/s1. The van der Waals surface area contributed by atoms with E-state index in [1.54, 1.807) is 0 Å². The molecular weight excluding hydrogens is 354 g/mol. The highest BCUT2D eigenvalue weighted by Crippen LogP contribution is 2.28. The van der Waals surface area contributed by atoms with Gasteiger partial charge in [0.15, 0.2) is 0 Å². The van der Waals surface area contributed by atoms with Gasteiger partial charge in [0, 0.05) is 11.9 Å². The summed E-state index contributed by atoms with van der Waals surface area (Å²) in [7, 11) is 0. The summed E-state index contributed by atoms with van der Waals surface area (Å²) in [6.07, 6.45) is 0.707. The van der Waals surface area contributed by atoms with Gasteiger partial charge in [-0.3, -0.25) is 4.79 Å². The molecule has 0 aliphatic rings. The van der Waals surface area contributed by atoms with Crippen LogP contribution >= 0.6 is 11.6 Å². The van der Waals surface area contributed by atoms with E-state index in [0.717, 1.165) is 27.1 Å². The summed E-state index contributed by atoms with van der Waals surface area (Å²) >= 11 is 6.17. The van der Waals surface area contributed by atoms with E-state index >= 15 is 0 Å². The zero-order valence-corrected chi connectivity index (χ0v) is 15.6. The molecule has 0 saturated heterocycles. The second-order valence-corrected chi connectivity index (χ2v) is 7.02. The smallest absolute Gasteiger partial charge is 0.252 e. The number of rotatable bonds is 5. The molecule has 0 radical (unpaired) electrons. The van der Waals surface area contributed by atoms with E-state index in [4.69, 9.17) is 11.6 Å². The van der Waals surface area contributed by atoms with Crippen LogP contribution in [0.2, 0.25) is 0 Å². The summed E-state index contributed by atoms with van der Waals surface area (Å²) in [5.74, 6) is 0.285. The van der Waals surface area contributed by atoms with Gasteiger partial charge >= 0.3 is 0 Å². The minimum Gasteiger partial charge on any atom is -0.348 e. The van der Waals surface area contributed by atoms with E-state index in [2.05, 4.69) is 23.5 Å². The number of hydrogen-bond donors (Lipinski definition) is 1. The van der Waals surface area contributed by atoms with Crippen LogP contribution in [-0.2, 0) is 6.42 Å². The third-order valence-corrected chi connectivity index (χ3v) is 5.22. The second kappa shape index (κ2) is 7.81. The molecule has 0 spiro atoms. The quantitative estimate of drug-likeness (QED) is 0.359. The van der Waals surface area contributed by atoms with Crippen LogP contribution in [0.4, 0.5) is 0 Å². The first-order valence-corrected chi connectivity index (χ1v) is 9.61. The van der Waals surface area contributed by atoms with Gasteiger partial charge in [0.05, 0.1) is 5.56 Å². The van der Waals surface area contributed by atoms with E-state index in [1.165, 1.54) is 0 Å². The van der Waals surface area contributed by atoms with Crippen molar-refractivity contribution in [2.45, 2.75) is 12.5 Å². The molecule has 1 amide bonds. The minimum absolute atomic E-state index is 0.0791. The van der Waals surface area contributed by atoms with Gasteiger partial charge in [0.1, 0.15) is 0 Å².